The third-order valence-corrected chi connectivity index (χ3v) is 3.81. The number of halogens is 3. The number of pyridine rings is 1. The first-order valence-corrected chi connectivity index (χ1v) is 6.67. The summed E-state index contributed by atoms with van der Waals surface area (Å²) in [6, 6.07) is 1.70. The van der Waals surface area contributed by atoms with Gasteiger partial charge in [0.2, 0.25) is 0 Å². The molecule has 20 heavy (non-hydrogen) atoms. The van der Waals surface area contributed by atoms with Crippen LogP contribution < -0.4 is 11.1 Å². The van der Waals surface area contributed by atoms with Crippen molar-refractivity contribution in [3.05, 3.63) is 23.3 Å². The Hall–Kier alpha value is -1.83. The molecule has 0 bridgehead atoms. The van der Waals surface area contributed by atoms with Crippen molar-refractivity contribution < 1.29 is 18.0 Å². The van der Waals surface area contributed by atoms with Crippen molar-refractivity contribution in [3.63, 3.8) is 0 Å². The summed E-state index contributed by atoms with van der Waals surface area (Å²) >= 11 is 1.17. The zero-order valence-corrected chi connectivity index (χ0v) is 11.1. The zero-order chi connectivity index (χ0) is 14.8. The molecule has 0 spiro atoms. The number of carbonyl (C=O) groups is 1. The van der Waals surface area contributed by atoms with Gasteiger partial charge in [0.25, 0.3) is 5.91 Å². The molecule has 0 aliphatic rings. The number of rotatable bonds is 4. The molecule has 8 heteroatoms. The molecular weight excluding hydrogens is 291 g/mol. The number of anilines is 1. The number of nitrogens with one attached hydrogen (secondary N) is 1. The maximum Gasteiger partial charge on any atom is 0.389 e. The Morgan fingerprint density at radius 2 is 2.20 bits per heavy atom. The summed E-state index contributed by atoms with van der Waals surface area (Å²) in [7, 11) is 0. The van der Waals surface area contributed by atoms with Gasteiger partial charge in [-0.05, 0) is 12.5 Å². The van der Waals surface area contributed by atoms with Gasteiger partial charge in [0, 0.05) is 30.7 Å². The molecule has 4 nitrogen and oxygen atoms in total. The molecule has 0 atom stereocenters. The average Bonchev–Trinajstić information content (AvgIpc) is 2.72. The van der Waals surface area contributed by atoms with E-state index in [1.165, 1.54) is 11.3 Å². The van der Waals surface area contributed by atoms with Gasteiger partial charge in [-0.2, -0.15) is 13.2 Å². The summed E-state index contributed by atoms with van der Waals surface area (Å²) in [5.41, 5.74) is 6.19. The van der Waals surface area contributed by atoms with E-state index in [1.807, 2.05) is 0 Å². The van der Waals surface area contributed by atoms with E-state index in [4.69, 9.17) is 5.73 Å². The number of thiophene rings is 1. The van der Waals surface area contributed by atoms with Crippen molar-refractivity contribution in [3.8, 4) is 0 Å². The number of hydrogen-bond acceptors (Lipinski definition) is 4. The van der Waals surface area contributed by atoms with Gasteiger partial charge in [-0.1, -0.05) is 0 Å². The predicted octanol–water partition coefficient (Wildman–Crippen LogP) is 2.95. The van der Waals surface area contributed by atoms with E-state index in [2.05, 4.69) is 10.3 Å². The number of aromatic nitrogens is 1. The van der Waals surface area contributed by atoms with Crippen molar-refractivity contribution in [1.29, 1.82) is 0 Å². The molecule has 0 aliphatic carbocycles. The minimum Gasteiger partial charge on any atom is -0.397 e. The highest BCUT2D eigenvalue weighted by molar-refractivity contribution is 7.21. The fraction of sp³-hybridized carbons (Fsp3) is 0.333. The van der Waals surface area contributed by atoms with Gasteiger partial charge in [0.15, 0.2) is 0 Å². The lowest BCUT2D eigenvalue weighted by atomic mass is 10.2. The third kappa shape index (κ3) is 3.38. The fourth-order valence-electron chi connectivity index (χ4n) is 1.71. The largest absolute Gasteiger partial charge is 0.397 e. The average molecular weight is 303 g/mol. The molecule has 0 fully saturated rings. The summed E-state index contributed by atoms with van der Waals surface area (Å²) in [4.78, 5) is 16.1. The third-order valence-electron chi connectivity index (χ3n) is 2.66. The van der Waals surface area contributed by atoms with Crippen LogP contribution in [0.1, 0.15) is 22.5 Å². The molecule has 0 aliphatic heterocycles. The molecule has 2 aromatic rings. The number of nitrogens with two attached hydrogens (primary N) is 1. The van der Waals surface area contributed by atoms with Gasteiger partial charge in [-0.25, -0.2) is 0 Å². The SMILES string of the molecule is Nc1c(C(=O)NCCCC(F)(F)F)sc2cnccc12. The second-order valence-corrected chi connectivity index (χ2v) is 5.24. The number of alkyl halides is 3. The van der Waals surface area contributed by atoms with E-state index >= 15 is 0 Å². The van der Waals surface area contributed by atoms with Gasteiger partial charge < -0.3 is 11.1 Å². The van der Waals surface area contributed by atoms with Crippen LogP contribution >= 0.6 is 11.3 Å². The molecule has 3 N–H and O–H groups in total. The van der Waals surface area contributed by atoms with Gasteiger partial charge in [0.05, 0.1) is 10.4 Å². The van der Waals surface area contributed by atoms with Gasteiger partial charge >= 0.3 is 6.18 Å². The molecule has 2 aromatic heterocycles. The van der Waals surface area contributed by atoms with Crippen molar-refractivity contribution >= 4 is 33.0 Å². The Balaban J connectivity index is 1.99. The number of carbonyl (C=O) groups excluding carboxylic acids is 1. The first-order chi connectivity index (χ1) is 9.38. The number of fused-ring (bicyclic) bond motifs is 1. The zero-order valence-electron chi connectivity index (χ0n) is 10.3. The van der Waals surface area contributed by atoms with Crippen molar-refractivity contribution in [2.24, 2.45) is 0 Å². The van der Waals surface area contributed by atoms with Crippen molar-refractivity contribution in [2.75, 3.05) is 12.3 Å². The van der Waals surface area contributed by atoms with E-state index < -0.39 is 18.5 Å². The second kappa shape index (κ2) is 5.66. The number of amides is 1. The summed E-state index contributed by atoms with van der Waals surface area (Å²) < 4.78 is 36.7. The Kier molecular flexibility index (Phi) is 4.12. The monoisotopic (exact) mass is 303 g/mol. The van der Waals surface area contributed by atoms with Crippen LogP contribution in [0.3, 0.4) is 0 Å². The van der Waals surface area contributed by atoms with Gasteiger partial charge in [0.1, 0.15) is 4.88 Å². The molecule has 0 unspecified atom stereocenters. The molecule has 0 saturated heterocycles. The van der Waals surface area contributed by atoms with E-state index in [-0.39, 0.29) is 13.0 Å². The molecule has 0 saturated carbocycles. The normalized spacial score (nSPS) is 11.8. The minimum atomic E-state index is -4.20. The number of hydrogen-bond donors (Lipinski definition) is 2. The lowest BCUT2D eigenvalue weighted by Crippen LogP contribution is -2.25. The molecule has 108 valence electrons. The summed E-state index contributed by atoms with van der Waals surface area (Å²) in [5.74, 6) is -0.453. The Bertz CT molecular complexity index is 624. The Morgan fingerprint density at radius 3 is 2.85 bits per heavy atom. The smallest absolute Gasteiger partial charge is 0.389 e. The molecule has 2 rings (SSSR count). The standard InChI is InChI=1S/C12H12F3N3OS/c13-12(14,15)3-1-4-18-11(19)10-9(16)7-2-5-17-6-8(7)20-10/h2,5-6H,1,3-4,16H2,(H,18,19). The van der Waals surface area contributed by atoms with Crippen LogP contribution in [-0.2, 0) is 0 Å². The quantitative estimate of drug-likeness (QED) is 0.853. The maximum absolute atomic E-state index is 12.0. The topological polar surface area (TPSA) is 68.0 Å². The lowest BCUT2D eigenvalue weighted by Gasteiger charge is -2.07. The Labute approximate surface area is 116 Å². The minimum absolute atomic E-state index is 0.0374. The number of nitrogen functional groups attached to an aromatic ring is 1. The van der Waals surface area contributed by atoms with Crippen LogP contribution in [0.5, 0.6) is 0 Å². The predicted molar refractivity (Wildman–Crippen MR) is 71.7 cm³/mol. The lowest BCUT2D eigenvalue weighted by molar-refractivity contribution is -0.135. The van der Waals surface area contributed by atoms with Gasteiger partial charge in [-0.15, -0.1) is 11.3 Å². The highest BCUT2D eigenvalue weighted by Gasteiger charge is 2.26. The highest BCUT2D eigenvalue weighted by Crippen LogP contribution is 2.32. The van der Waals surface area contributed by atoms with E-state index in [9.17, 15) is 18.0 Å². The summed E-state index contributed by atoms with van der Waals surface area (Å²) in [6.45, 7) is -0.0374. The van der Waals surface area contributed by atoms with Crippen LogP contribution in [0.25, 0.3) is 10.1 Å². The molecule has 0 radical (unpaired) electrons. The molecular formula is C12H12F3N3OS. The molecule has 2 heterocycles. The van der Waals surface area contributed by atoms with Crippen LogP contribution in [0, 0.1) is 0 Å². The fourth-order valence-corrected chi connectivity index (χ4v) is 2.72. The van der Waals surface area contributed by atoms with E-state index in [0.29, 0.717) is 10.6 Å². The summed E-state index contributed by atoms with van der Waals surface area (Å²) in [5, 5.41) is 3.17. The van der Waals surface area contributed by atoms with Crippen LogP contribution in [-0.4, -0.2) is 23.6 Å². The second-order valence-electron chi connectivity index (χ2n) is 4.19. The van der Waals surface area contributed by atoms with Crippen LogP contribution in [0.15, 0.2) is 18.5 Å². The van der Waals surface area contributed by atoms with Crippen molar-refractivity contribution in [1.82, 2.24) is 10.3 Å². The number of nitrogens with zero attached hydrogens (tertiary/aromatic N) is 1. The maximum atomic E-state index is 12.0. The molecule has 0 aromatic carbocycles. The first-order valence-electron chi connectivity index (χ1n) is 5.85. The first kappa shape index (κ1) is 14.6. The summed E-state index contributed by atoms with van der Waals surface area (Å²) in [6.07, 6.45) is -2.11. The van der Waals surface area contributed by atoms with Crippen molar-refractivity contribution in [2.45, 2.75) is 19.0 Å². The highest BCUT2D eigenvalue weighted by atomic mass is 32.1. The van der Waals surface area contributed by atoms with E-state index in [1.54, 1.807) is 18.5 Å². The van der Waals surface area contributed by atoms with Crippen LogP contribution in [0.2, 0.25) is 0 Å². The van der Waals surface area contributed by atoms with E-state index in [0.717, 1.165) is 10.1 Å². The van der Waals surface area contributed by atoms with Gasteiger partial charge in [-0.3, -0.25) is 9.78 Å². The van der Waals surface area contributed by atoms with Crippen LogP contribution in [0.4, 0.5) is 18.9 Å². The molecule has 1 amide bonds. The Morgan fingerprint density at radius 1 is 1.45 bits per heavy atom.